The maximum atomic E-state index is 12.1. The summed E-state index contributed by atoms with van der Waals surface area (Å²) in [6.45, 7) is 2.60. The van der Waals surface area contributed by atoms with Crippen LogP contribution in [0.2, 0.25) is 0 Å². The van der Waals surface area contributed by atoms with Crippen LogP contribution in [0.3, 0.4) is 0 Å². The number of ether oxygens (including phenoxy) is 1. The highest BCUT2D eigenvalue weighted by Gasteiger charge is 2.40. The number of carbonyl (C=O) groups excluding carboxylic acids is 1. The Kier molecular flexibility index (Phi) is 6.28. The first kappa shape index (κ1) is 16.0. The Morgan fingerprint density at radius 2 is 1.89 bits per heavy atom. The zero-order valence-electron chi connectivity index (χ0n) is 12.0. The normalized spacial score (nSPS) is 18.0. The number of carboxylic acids is 1. The number of carbonyl (C=O) groups is 2. The van der Waals surface area contributed by atoms with Crippen LogP contribution in [0.15, 0.2) is 0 Å². The molecular formula is C14H25NO4. The van der Waals surface area contributed by atoms with Gasteiger partial charge in [0, 0.05) is 13.7 Å². The van der Waals surface area contributed by atoms with Gasteiger partial charge in [-0.2, -0.15) is 0 Å². The number of amides is 1. The first-order chi connectivity index (χ1) is 9.02. The number of rotatable bonds is 7. The standard InChI is InChI=1S/C14H25NO4/c1-3-9-19-11-12(16)15(2)14(10-13(17)18)7-5-4-6-8-14/h3-11H2,1-2H3,(H,17,18). The van der Waals surface area contributed by atoms with E-state index in [2.05, 4.69) is 0 Å². The number of aliphatic carboxylic acids is 1. The molecule has 1 saturated carbocycles. The molecule has 19 heavy (non-hydrogen) atoms. The van der Waals surface area contributed by atoms with Crippen LogP contribution in [0.4, 0.5) is 0 Å². The zero-order chi connectivity index (χ0) is 14.3. The molecule has 0 bridgehead atoms. The van der Waals surface area contributed by atoms with Crippen LogP contribution < -0.4 is 0 Å². The van der Waals surface area contributed by atoms with E-state index in [1.54, 1.807) is 11.9 Å². The molecule has 0 spiro atoms. The molecule has 5 heteroatoms. The van der Waals surface area contributed by atoms with Crippen LogP contribution in [-0.2, 0) is 14.3 Å². The topological polar surface area (TPSA) is 66.8 Å². The largest absolute Gasteiger partial charge is 0.481 e. The van der Waals surface area contributed by atoms with Gasteiger partial charge in [0.05, 0.1) is 12.0 Å². The molecule has 0 atom stereocenters. The van der Waals surface area contributed by atoms with Gasteiger partial charge in [0.2, 0.25) is 5.91 Å². The summed E-state index contributed by atoms with van der Waals surface area (Å²) in [6.07, 6.45) is 5.54. The summed E-state index contributed by atoms with van der Waals surface area (Å²) in [7, 11) is 1.71. The third kappa shape index (κ3) is 4.49. The fourth-order valence-corrected chi connectivity index (χ4v) is 2.79. The monoisotopic (exact) mass is 271 g/mol. The van der Waals surface area contributed by atoms with Crippen LogP contribution in [0, 0.1) is 0 Å². The van der Waals surface area contributed by atoms with E-state index >= 15 is 0 Å². The molecule has 1 rings (SSSR count). The lowest BCUT2D eigenvalue weighted by molar-refractivity contribution is -0.148. The highest BCUT2D eigenvalue weighted by molar-refractivity contribution is 5.79. The van der Waals surface area contributed by atoms with Gasteiger partial charge in [-0.25, -0.2) is 0 Å². The third-order valence-electron chi connectivity index (χ3n) is 3.92. The average Bonchev–Trinajstić information content (AvgIpc) is 2.38. The molecule has 1 aliphatic rings. The van der Waals surface area contributed by atoms with Crippen LogP contribution in [-0.4, -0.2) is 47.7 Å². The van der Waals surface area contributed by atoms with Gasteiger partial charge in [0.1, 0.15) is 6.61 Å². The Morgan fingerprint density at radius 3 is 2.42 bits per heavy atom. The van der Waals surface area contributed by atoms with E-state index in [9.17, 15) is 9.59 Å². The summed E-state index contributed by atoms with van der Waals surface area (Å²) in [4.78, 5) is 24.8. The lowest BCUT2D eigenvalue weighted by Crippen LogP contribution is -2.53. The van der Waals surface area contributed by atoms with E-state index in [1.807, 2.05) is 6.92 Å². The van der Waals surface area contributed by atoms with Gasteiger partial charge in [0.25, 0.3) is 0 Å². The van der Waals surface area contributed by atoms with E-state index < -0.39 is 11.5 Å². The summed E-state index contributed by atoms with van der Waals surface area (Å²) < 4.78 is 5.27. The second kappa shape index (κ2) is 7.48. The van der Waals surface area contributed by atoms with E-state index in [0.29, 0.717) is 6.61 Å². The lowest BCUT2D eigenvalue weighted by Gasteiger charge is -2.43. The van der Waals surface area contributed by atoms with Crippen molar-refractivity contribution in [1.29, 1.82) is 0 Å². The molecule has 0 aromatic rings. The molecule has 110 valence electrons. The second-order valence-electron chi connectivity index (χ2n) is 5.36. The number of hydrogen-bond acceptors (Lipinski definition) is 3. The van der Waals surface area contributed by atoms with E-state index in [0.717, 1.165) is 38.5 Å². The molecule has 1 amide bonds. The minimum absolute atomic E-state index is 0.0308. The number of carboxylic acid groups (broad SMARTS) is 1. The van der Waals surface area contributed by atoms with Gasteiger partial charge in [0.15, 0.2) is 0 Å². The van der Waals surface area contributed by atoms with Crippen molar-refractivity contribution in [3.8, 4) is 0 Å². The first-order valence-corrected chi connectivity index (χ1v) is 7.08. The van der Waals surface area contributed by atoms with Crippen molar-refractivity contribution < 1.29 is 19.4 Å². The molecule has 1 N–H and O–H groups in total. The summed E-state index contributed by atoms with van der Waals surface area (Å²) >= 11 is 0. The quantitative estimate of drug-likeness (QED) is 0.720. The van der Waals surface area contributed by atoms with Crippen molar-refractivity contribution in [1.82, 2.24) is 4.90 Å². The summed E-state index contributed by atoms with van der Waals surface area (Å²) in [6, 6.07) is 0. The minimum Gasteiger partial charge on any atom is -0.481 e. The van der Waals surface area contributed by atoms with Crippen LogP contribution in [0.25, 0.3) is 0 Å². The SMILES string of the molecule is CCCOCC(=O)N(C)C1(CC(=O)O)CCCCC1. The molecule has 5 nitrogen and oxygen atoms in total. The maximum Gasteiger partial charge on any atom is 0.305 e. The third-order valence-corrected chi connectivity index (χ3v) is 3.92. The maximum absolute atomic E-state index is 12.1. The zero-order valence-corrected chi connectivity index (χ0v) is 12.0. The van der Waals surface area contributed by atoms with E-state index in [4.69, 9.17) is 9.84 Å². The molecule has 0 saturated heterocycles. The predicted octanol–water partition coefficient (Wildman–Crippen LogP) is 2.05. The average molecular weight is 271 g/mol. The molecule has 0 aromatic carbocycles. The molecule has 0 aromatic heterocycles. The Balaban J connectivity index is 2.67. The van der Waals surface area contributed by atoms with Gasteiger partial charge in [-0.05, 0) is 19.3 Å². The molecule has 0 heterocycles. The molecule has 0 aliphatic heterocycles. The van der Waals surface area contributed by atoms with Gasteiger partial charge in [-0.3, -0.25) is 9.59 Å². The van der Waals surface area contributed by atoms with Gasteiger partial charge < -0.3 is 14.7 Å². The predicted molar refractivity (Wildman–Crippen MR) is 71.9 cm³/mol. The van der Waals surface area contributed by atoms with Crippen molar-refractivity contribution in [3.63, 3.8) is 0 Å². The first-order valence-electron chi connectivity index (χ1n) is 7.08. The smallest absolute Gasteiger partial charge is 0.305 e. The fraction of sp³-hybridized carbons (Fsp3) is 0.857. The van der Waals surface area contributed by atoms with Crippen molar-refractivity contribution >= 4 is 11.9 Å². The molecule has 0 unspecified atom stereocenters. The number of nitrogens with zero attached hydrogens (tertiary/aromatic N) is 1. The fourth-order valence-electron chi connectivity index (χ4n) is 2.79. The van der Waals surface area contributed by atoms with Gasteiger partial charge in [-0.1, -0.05) is 26.2 Å². The minimum atomic E-state index is -0.837. The van der Waals surface area contributed by atoms with Crippen molar-refractivity contribution in [2.24, 2.45) is 0 Å². The second-order valence-corrected chi connectivity index (χ2v) is 5.36. The Hall–Kier alpha value is -1.10. The molecule has 1 aliphatic carbocycles. The van der Waals surface area contributed by atoms with Crippen molar-refractivity contribution in [2.45, 2.75) is 57.4 Å². The molecule has 0 radical (unpaired) electrons. The van der Waals surface area contributed by atoms with Crippen LogP contribution in [0.5, 0.6) is 0 Å². The Bertz CT molecular complexity index is 311. The lowest BCUT2D eigenvalue weighted by atomic mass is 9.78. The highest BCUT2D eigenvalue weighted by Crippen LogP contribution is 2.35. The summed E-state index contributed by atoms with van der Waals surface area (Å²) in [5.74, 6) is -0.951. The van der Waals surface area contributed by atoms with Crippen molar-refractivity contribution in [2.75, 3.05) is 20.3 Å². The summed E-state index contributed by atoms with van der Waals surface area (Å²) in [5, 5.41) is 9.11. The summed E-state index contributed by atoms with van der Waals surface area (Å²) in [5.41, 5.74) is -0.517. The van der Waals surface area contributed by atoms with Crippen LogP contribution >= 0.6 is 0 Å². The molecule has 1 fully saturated rings. The Morgan fingerprint density at radius 1 is 1.26 bits per heavy atom. The highest BCUT2D eigenvalue weighted by atomic mass is 16.5. The number of hydrogen-bond donors (Lipinski definition) is 1. The van der Waals surface area contributed by atoms with Gasteiger partial charge >= 0.3 is 5.97 Å². The van der Waals surface area contributed by atoms with E-state index in [1.165, 1.54) is 0 Å². The van der Waals surface area contributed by atoms with Crippen molar-refractivity contribution in [3.05, 3.63) is 0 Å². The number of likely N-dealkylation sites (N-methyl/N-ethyl adjacent to an activating group) is 1. The Labute approximate surface area is 114 Å². The van der Waals surface area contributed by atoms with E-state index in [-0.39, 0.29) is 18.9 Å². The molecular weight excluding hydrogens is 246 g/mol. The van der Waals surface area contributed by atoms with Crippen LogP contribution in [0.1, 0.15) is 51.9 Å². The van der Waals surface area contributed by atoms with Gasteiger partial charge in [-0.15, -0.1) is 0 Å².